The van der Waals surface area contributed by atoms with Crippen LogP contribution in [0.5, 0.6) is 0 Å². The van der Waals surface area contributed by atoms with Crippen LogP contribution in [0, 0.1) is 6.92 Å². The average Bonchev–Trinajstić information content (AvgIpc) is 2.68. The first kappa shape index (κ1) is 21.7. The van der Waals surface area contributed by atoms with Crippen LogP contribution in [0.1, 0.15) is 30.6 Å². The topological polar surface area (TPSA) is 74.2 Å². The lowest BCUT2D eigenvalue weighted by Gasteiger charge is -2.35. The maximum atomic E-state index is 11.8. The Morgan fingerprint density at radius 2 is 2.15 bits per heavy atom. The van der Waals surface area contributed by atoms with Crippen molar-refractivity contribution >= 4 is 16.0 Å². The Morgan fingerprint density at radius 3 is 2.81 bits per heavy atom. The van der Waals surface area contributed by atoms with E-state index in [0.29, 0.717) is 19.7 Å². The second-order valence-corrected chi connectivity index (χ2v) is 9.08. The third-order valence-electron chi connectivity index (χ3n) is 4.89. The molecule has 1 aromatic carbocycles. The van der Waals surface area contributed by atoms with Crippen LogP contribution in [-0.2, 0) is 14.8 Å². The largest absolute Gasteiger partial charge is 0.370 e. The Labute approximate surface area is 163 Å². The highest BCUT2D eigenvalue weighted by molar-refractivity contribution is 7.89. The van der Waals surface area contributed by atoms with Crippen molar-refractivity contribution < 1.29 is 13.2 Å². The average molecular weight is 397 g/mol. The first-order valence-electron chi connectivity index (χ1n) is 9.45. The predicted molar refractivity (Wildman–Crippen MR) is 110 cm³/mol. The molecule has 1 aromatic rings. The molecule has 0 amide bonds. The van der Waals surface area contributed by atoms with Crippen LogP contribution in [-0.4, -0.2) is 76.2 Å². The van der Waals surface area contributed by atoms with Gasteiger partial charge in [0.15, 0.2) is 5.96 Å². The molecule has 1 atom stereocenters. The van der Waals surface area contributed by atoms with E-state index in [1.807, 2.05) is 12.1 Å². The second-order valence-electron chi connectivity index (χ2n) is 6.71. The zero-order chi connectivity index (χ0) is 19.9. The van der Waals surface area contributed by atoms with Crippen LogP contribution in [0.2, 0.25) is 0 Å². The van der Waals surface area contributed by atoms with Gasteiger partial charge in [0.1, 0.15) is 6.10 Å². The van der Waals surface area contributed by atoms with Gasteiger partial charge >= 0.3 is 0 Å². The molecule has 27 heavy (non-hydrogen) atoms. The monoisotopic (exact) mass is 396 g/mol. The third kappa shape index (κ3) is 5.92. The Balaban J connectivity index is 1.87. The van der Waals surface area contributed by atoms with Gasteiger partial charge in [-0.2, -0.15) is 0 Å². The van der Waals surface area contributed by atoms with Gasteiger partial charge in [-0.05, 0) is 31.4 Å². The minimum Gasteiger partial charge on any atom is -0.370 e. The summed E-state index contributed by atoms with van der Waals surface area (Å²) in [6.07, 6.45) is 0.750. The lowest BCUT2D eigenvalue weighted by Crippen LogP contribution is -2.48. The third-order valence-corrected chi connectivity index (χ3v) is 6.75. The molecule has 1 aliphatic heterocycles. The van der Waals surface area contributed by atoms with Gasteiger partial charge in [0.25, 0.3) is 0 Å². The van der Waals surface area contributed by atoms with E-state index in [2.05, 4.69) is 34.3 Å². The molecule has 0 aromatic heterocycles. The fourth-order valence-electron chi connectivity index (χ4n) is 3.17. The van der Waals surface area contributed by atoms with Crippen molar-refractivity contribution in [2.75, 3.05) is 52.6 Å². The molecule has 1 unspecified atom stereocenters. The van der Waals surface area contributed by atoms with Crippen molar-refractivity contribution in [2.24, 2.45) is 4.99 Å². The van der Waals surface area contributed by atoms with E-state index in [4.69, 9.17) is 4.74 Å². The summed E-state index contributed by atoms with van der Waals surface area (Å²) < 4.78 is 31.0. The van der Waals surface area contributed by atoms with Crippen molar-refractivity contribution in [3.8, 4) is 0 Å². The number of morpholine rings is 1. The number of benzene rings is 1. The number of hydrogen-bond acceptors (Lipinski definition) is 4. The van der Waals surface area contributed by atoms with Gasteiger partial charge < -0.3 is 15.0 Å². The smallest absolute Gasteiger partial charge is 0.213 e. The molecule has 0 bridgehead atoms. The minimum atomic E-state index is -3.12. The number of sulfonamides is 1. The molecule has 1 saturated heterocycles. The number of guanidine groups is 1. The maximum absolute atomic E-state index is 11.8. The molecule has 1 N–H and O–H groups in total. The summed E-state index contributed by atoms with van der Waals surface area (Å²) in [5.41, 5.74) is 2.44. The van der Waals surface area contributed by atoms with Gasteiger partial charge in [-0.25, -0.2) is 12.7 Å². The second kappa shape index (κ2) is 10.1. The normalized spacial score (nSPS) is 18.8. The molecule has 152 valence electrons. The SMILES string of the molecule is CCS(=O)(=O)N(C)CCCNC(=NC)N1CCOC(c2ccccc2C)C1. The number of nitrogens with one attached hydrogen (secondary N) is 1. The van der Waals surface area contributed by atoms with E-state index in [9.17, 15) is 8.42 Å². The van der Waals surface area contributed by atoms with Gasteiger partial charge in [0.05, 0.1) is 18.9 Å². The minimum absolute atomic E-state index is 0.0272. The number of rotatable bonds is 7. The Kier molecular flexibility index (Phi) is 8.07. The van der Waals surface area contributed by atoms with Gasteiger partial charge in [-0.1, -0.05) is 24.3 Å². The Morgan fingerprint density at radius 1 is 1.41 bits per heavy atom. The summed E-state index contributed by atoms with van der Waals surface area (Å²) in [7, 11) is 0.281. The Hall–Kier alpha value is -1.64. The van der Waals surface area contributed by atoms with Crippen molar-refractivity contribution in [3.05, 3.63) is 35.4 Å². The van der Waals surface area contributed by atoms with Gasteiger partial charge in [-0.15, -0.1) is 0 Å². The molecule has 7 nitrogen and oxygen atoms in total. The number of hydrogen-bond donors (Lipinski definition) is 1. The number of aryl methyl sites for hydroxylation is 1. The fraction of sp³-hybridized carbons (Fsp3) is 0.632. The molecule has 1 fully saturated rings. The van der Waals surface area contributed by atoms with Crippen molar-refractivity contribution in [1.29, 1.82) is 0 Å². The highest BCUT2D eigenvalue weighted by atomic mass is 32.2. The molecule has 0 aliphatic carbocycles. The summed E-state index contributed by atoms with van der Waals surface area (Å²) in [4.78, 5) is 6.59. The zero-order valence-electron chi connectivity index (χ0n) is 16.8. The lowest BCUT2D eigenvalue weighted by molar-refractivity contribution is -0.00830. The lowest BCUT2D eigenvalue weighted by atomic mass is 10.0. The van der Waals surface area contributed by atoms with E-state index in [0.717, 1.165) is 25.5 Å². The zero-order valence-corrected chi connectivity index (χ0v) is 17.6. The molecule has 0 spiro atoms. The van der Waals surface area contributed by atoms with Crippen LogP contribution in [0.3, 0.4) is 0 Å². The van der Waals surface area contributed by atoms with E-state index in [-0.39, 0.29) is 11.9 Å². The summed E-state index contributed by atoms with van der Waals surface area (Å²) in [6.45, 7) is 7.11. The summed E-state index contributed by atoms with van der Waals surface area (Å²) in [5.74, 6) is 0.963. The number of ether oxygens (including phenoxy) is 1. The summed E-state index contributed by atoms with van der Waals surface area (Å²) in [6, 6.07) is 8.30. The summed E-state index contributed by atoms with van der Waals surface area (Å²) in [5, 5.41) is 3.35. The molecule has 1 heterocycles. The van der Waals surface area contributed by atoms with E-state index in [1.165, 1.54) is 15.4 Å². The van der Waals surface area contributed by atoms with Gasteiger partial charge in [0.2, 0.25) is 10.0 Å². The van der Waals surface area contributed by atoms with Crippen LogP contribution >= 0.6 is 0 Å². The standard InChI is InChI=1S/C19H32N4O3S/c1-5-27(24,25)22(4)12-8-11-21-19(20-3)23-13-14-26-18(15-23)17-10-7-6-9-16(17)2/h6-7,9-10,18H,5,8,11-15H2,1-4H3,(H,20,21). The van der Waals surface area contributed by atoms with Gasteiger partial charge in [-0.3, -0.25) is 4.99 Å². The van der Waals surface area contributed by atoms with Crippen molar-refractivity contribution in [2.45, 2.75) is 26.4 Å². The highest BCUT2D eigenvalue weighted by Crippen LogP contribution is 2.24. The van der Waals surface area contributed by atoms with E-state index < -0.39 is 10.0 Å². The van der Waals surface area contributed by atoms with Crippen LogP contribution < -0.4 is 5.32 Å². The quantitative estimate of drug-likeness (QED) is 0.431. The van der Waals surface area contributed by atoms with Crippen molar-refractivity contribution in [3.63, 3.8) is 0 Å². The molecular weight excluding hydrogens is 364 g/mol. The van der Waals surface area contributed by atoms with Gasteiger partial charge in [0, 0.05) is 33.7 Å². The fourth-order valence-corrected chi connectivity index (χ4v) is 4.02. The highest BCUT2D eigenvalue weighted by Gasteiger charge is 2.25. The maximum Gasteiger partial charge on any atom is 0.213 e. The molecule has 8 heteroatoms. The molecule has 0 radical (unpaired) electrons. The first-order valence-corrected chi connectivity index (χ1v) is 11.1. The van der Waals surface area contributed by atoms with Crippen LogP contribution in [0.15, 0.2) is 29.3 Å². The molecule has 2 rings (SSSR count). The number of nitrogens with zero attached hydrogens (tertiary/aromatic N) is 3. The Bertz CT molecular complexity index is 736. The van der Waals surface area contributed by atoms with E-state index >= 15 is 0 Å². The van der Waals surface area contributed by atoms with Crippen LogP contribution in [0.4, 0.5) is 0 Å². The van der Waals surface area contributed by atoms with E-state index in [1.54, 1.807) is 21.0 Å². The number of aliphatic imine (C=N–C) groups is 1. The first-order chi connectivity index (χ1) is 12.9. The van der Waals surface area contributed by atoms with Crippen molar-refractivity contribution in [1.82, 2.24) is 14.5 Å². The summed E-state index contributed by atoms with van der Waals surface area (Å²) >= 11 is 0. The predicted octanol–water partition coefficient (Wildman–Crippen LogP) is 1.62. The molecule has 1 aliphatic rings. The molecule has 0 saturated carbocycles. The molecular formula is C19H32N4O3S. The van der Waals surface area contributed by atoms with Crippen LogP contribution in [0.25, 0.3) is 0 Å².